The number of benzene rings is 1. The molecular weight excluding hydrogens is 230 g/mol. The van der Waals surface area contributed by atoms with Gasteiger partial charge in [-0.15, -0.1) is 0 Å². The minimum absolute atomic E-state index is 0.322. The summed E-state index contributed by atoms with van der Waals surface area (Å²) < 4.78 is -1.26. The van der Waals surface area contributed by atoms with E-state index in [0.717, 1.165) is 0 Å². The molecule has 2 N–H and O–H groups in total. The fourth-order valence-electron chi connectivity index (χ4n) is 1.26. The van der Waals surface area contributed by atoms with Crippen LogP contribution in [0, 0.1) is 0 Å². The van der Waals surface area contributed by atoms with E-state index in [4.69, 9.17) is 40.5 Å². The first-order valence-corrected chi connectivity index (χ1v) is 4.67. The molecule has 0 spiro atoms. The lowest BCUT2D eigenvalue weighted by Crippen LogP contribution is -2.10. The van der Waals surface area contributed by atoms with Gasteiger partial charge in [0.2, 0.25) is 4.46 Å². The molecule has 0 aromatic heterocycles. The van der Waals surface area contributed by atoms with Gasteiger partial charge in [-0.25, -0.2) is 4.99 Å². The highest BCUT2D eigenvalue weighted by molar-refractivity contribution is 6.49. The van der Waals surface area contributed by atoms with Gasteiger partial charge in [-0.2, -0.15) is 0 Å². The Kier molecular flexibility index (Phi) is 1.95. The molecule has 1 aromatic carbocycles. The zero-order chi connectivity index (χ0) is 9.64. The lowest BCUT2D eigenvalue weighted by atomic mass is 10.1. The fraction of sp³-hybridized carbons (Fsp3) is 0.125. The molecule has 1 heterocycles. The van der Waals surface area contributed by atoms with E-state index in [1.807, 2.05) is 0 Å². The number of nitrogens with zero attached hydrogens (tertiary/aromatic N) is 1. The van der Waals surface area contributed by atoms with Crippen LogP contribution in [0.3, 0.4) is 0 Å². The van der Waals surface area contributed by atoms with E-state index in [2.05, 4.69) is 4.99 Å². The monoisotopic (exact) mass is 234 g/mol. The maximum atomic E-state index is 5.90. The number of amidine groups is 1. The molecule has 0 saturated carbocycles. The largest absolute Gasteiger partial charge is 0.383 e. The Balaban J connectivity index is 2.67. The Morgan fingerprint density at radius 1 is 1.31 bits per heavy atom. The van der Waals surface area contributed by atoms with Crippen molar-refractivity contribution in [1.29, 1.82) is 0 Å². The molecule has 1 aliphatic rings. The van der Waals surface area contributed by atoms with Gasteiger partial charge in [0.1, 0.15) is 5.84 Å². The fourth-order valence-corrected chi connectivity index (χ4v) is 1.95. The summed E-state index contributed by atoms with van der Waals surface area (Å²) in [6.07, 6.45) is 0. The highest BCUT2D eigenvalue weighted by Crippen LogP contribution is 2.42. The number of aliphatic imine (C=N–C) groups is 1. The SMILES string of the molecule is NC1=NC(Cl)(Cl)c2ccc(Cl)cc21. The summed E-state index contributed by atoms with van der Waals surface area (Å²) >= 11 is 17.6. The second-order valence-corrected chi connectivity index (χ2v) is 4.45. The normalized spacial score (nSPS) is 18.2. The predicted octanol–water partition coefficient (Wildman–Crippen LogP) is 2.65. The van der Waals surface area contributed by atoms with E-state index in [1.165, 1.54) is 0 Å². The van der Waals surface area contributed by atoms with Crippen molar-refractivity contribution in [3.05, 3.63) is 34.3 Å². The molecule has 5 heteroatoms. The smallest absolute Gasteiger partial charge is 0.236 e. The van der Waals surface area contributed by atoms with Crippen LogP contribution in [0.2, 0.25) is 5.02 Å². The van der Waals surface area contributed by atoms with Crippen molar-refractivity contribution in [2.24, 2.45) is 10.7 Å². The Labute approximate surface area is 90.3 Å². The molecule has 0 fully saturated rings. The van der Waals surface area contributed by atoms with Gasteiger partial charge >= 0.3 is 0 Å². The molecule has 0 radical (unpaired) electrons. The molecule has 13 heavy (non-hydrogen) atoms. The van der Waals surface area contributed by atoms with Gasteiger partial charge in [0.15, 0.2) is 0 Å². The maximum absolute atomic E-state index is 5.90. The zero-order valence-electron chi connectivity index (χ0n) is 6.39. The van der Waals surface area contributed by atoms with E-state index in [9.17, 15) is 0 Å². The molecule has 1 aromatic rings. The highest BCUT2D eigenvalue weighted by atomic mass is 35.5. The van der Waals surface area contributed by atoms with Crippen molar-refractivity contribution in [2.45, 2.75) is 4.46 Å². The van der Waals surface area contributed by atoms with Crippen molar-refractivity contribution in [1.82, 2.24) is 0 Å². The lowest BCUT2D eigenvalue weighted by Gasteiger charge is -2.09. The van der Waals surface area contributed by atoms with Crippen LogP contribution in [-0.2, 0) is 4.46 Å². The molecule has 0 saturated heterocycles. The standard InChI is InChI=1S/C8H5Cl3N2/c9-4-1-2-6-5(3-4)7(12)13-8(6,10)11/h1-3H,(H2,12,13). The lowest BCUT2D eigenvalue weighted by molar-refractivity contribution is 0.946. The minimum Gasteiger partial charge on any atom is -0.383 e. The Bertz CT molecular complexity index is 398. The molecule has 68 valence electrons. The van der Waals surface area contributed by atoms with Gasteiger partial charge in [-0.3, -0.25) is 0 Å². The quantitative estimate of drug-likeness (QED) is 0.545. The molecule has 0 amide bonds. The van der Waals surface area contributed by atoms with Gasteiger partial charge in [-0.1, -0.05) is 40.9 Å². The van der Waals surface area contributed by atoms with Crippen LogP contribution >= 0.6 is 34.8 Å². The minimum atomic E-state index is -1.26. The Morgan fingerprint density at radius 3 is 2.69 bits per heavy atom. The second kappa shape index (κ2) is 2.77. The third-order valence-electron chi connectivity index (χ3n) is 1.84. The Hall–Kier alpha value is -0.440. The molecule has 2 rings (SSSR count). The van der Waals surface area contributed by atoms with Crippen molar-refractivity contribution in [3.63, 3.8) is 0 Å². The summed E-state index contributed by atoms with van der Waals surface area (Å²) in [5, 5.41) is 0.586. The summed E-state index contributed by atoms with van der Waals surface area (Å²) in [4.78, 5) is 3.90. The van der Waals surface area contributed by atoms with Crippen LogP contribution in [0.5, 0.6) is 0 Å². The first-order valence-electron chi connectivity index (χ1n) is 3.54. The highest BCUT2D eigenvalue weighted by Gasteiger charge is 2.35. The number of nitrogens with two attached hydrogens (primary N) is 1. The molecule has 0 atom stereocenters. The summed E-state index contributed by atoms with van der Waals surface area (Å²) in [5.74, 6) is 0.322. The van der Waals surface area contributed by atoms with Crippen LogP contribution < -0.4 is 5.73 Å². The third-order valence-corrected chi connectivity index (χ3v) is 2.65. The van der Waals surface area contributed by atoms with Gasteiger partial charge < -0.3 is 5.73 Å². The predicted molar refractivity (Wildman–Crippen MR) is 55.6 cm³/mol. The number of rotatable bonds is 0. The average molecular weight is 236 g/mol. The van der Waals surface area contributed by atoms with E-state index >= 15 is 0 Å². The van der Waals surface area contributed by atoms with Crippen molar-refractivity contribution < 1.29 is 0 Å². The van der Waals surface area contributed by atoms with E-state index < -0.39 is 4.46 Å². The summed E-state index contributed by atoms with van der Waals surface area (Å²) in [6.45, 7) is 0. The molecular formula is C8H5Cl3N2. The molecule has 0 bridgehead atoms. The number of halogens is 3. The van der Waals surface area contributed by atoms with Crippen LogP contribution in [0.4, 0.5) is 0 Å². The number of hydrogen-bond donors (Lipinski definition) is 1. The van der Waals surface area contributed by atoms with Crippen molar-refractivity contribution in [2.75, 3.05) is 0 Å². The first kappa shape index (κ1) is 9.13. The Morgan fingerprint density at radius 2 is 2.00 bits per heavy atom. The van der Waals surface area contributed by atoms with E-state index in [0.29, 0.717) is 22.0 Å². The molecule has 1 aliphatic heterocycles. The topological polar surface area (TPSA) is 38.4 Å². The van der Waals surface area contributed by atoms with Crippen LogP contribution in [-0.4, -0.2) is 5.84 Å². The van der Waals surface area contributed by atoms with Gasteiger partial charge in [0, 0.05) is 16.1 Å². The van der Waals surface area contributed by atoms with Crippen LogP contribution in [0.15, 0.2) is 23.2 Å². The summed E-state index contributed by atoms with van der Waals surface area (Å²) in [7, 11) is 0. The summed E-state index contributed by atoms with van der Waals surface area (Å²) in [5.41, 5.74) is 7.00. The second-order valence-electron chi connectivity index (χ2n) is 2.73. The van der Waals surface area contributed by atoms with Crippen molar-refractivity contribution >= 4 is 40.6 Å². The number of alkyl halides is 2. The molecule has 2 nitrogen and oxygen atoms in total. The number of fused-ring (bicyclic) bond motifs is 1. The van der Waals surface area contributed by atoms with Crippen LogP contribution in [0.25, 0.3) is 0 Å². The van der Waals surface area contributed by atoms with E-state index in [-0.39, 0.29) is 0 Å². The van der Waals surface area contributed by atoms with Gasteiger partial charge in [0.25, 0.3) is 0 Å². The number of hydrogen-bond acceptors (Lipinski definition) is 2. The first-order chi connectivity index (χ1) is 6.00. The average Bonchev–Trinajstić information content (AvgIpc) is 2.22. The van der Waals surface area contributed by atoms with Gasteiger partial charge in [0.05, 0.1) is 0 Å². The summed E-state index contributed by atoms with van der Waals surface area (Å²) in [6, 6.07) is 5.12. The van der Waals surface area contributed by atoms with Gasteiger partial charge in [-0.05, 0) is 12.1 Å². The van der Waals surface area contributed by atoms with Crippen LogP contribution in [0.1, 0.15) is 11.1 Å². The third kappa shape index (κ3) is 1.39. The van der Waals surface area contributed by atoms with Crippen molar-refractivity contribution in [3.8, 4) is 0 Å². The molecule has 0 aliphatic carbocycles. The zero-order valence-corrected chi connectivity index (χ0v) is 8.66. The maximum Gasteiger partial charge on any atom is 0.236 e. The molecule has 0 unspecified atom stereocenters. The van der Waals surface area contributed by atoms with E-state index in [1.54, 1.807) is 18.2 Å².